The lowest BCUT2D eigenvalue weighted by atomic mass is 10.1. The van der Waals surface area contributed by atoms with Gasteiger partial charge in [0, 0.05) is 12.4 Å². The van der Waals surface area contributed by atoms with Crippen molar-refractivity contribution in [2.75, 3.05) is 19.0 Å². The van der Waals surface area contributed by atoms with Crippen molar-refractivity contribution >= 4 is 27.0 Å². The molecule has 1 fully saturated rings. The van der Waals surface area contributed by atoms with E-state index in [4.69, 9.17) is 22.7 Å². The molecule has 0 aromatic carbocycles. The van der Waals surface area contributed by atoms with Crippen molar-refractivity contribution in [2.24, 2.45) is 11.1 Å². The molecule has 1 saturated carbocycles. The molecular formula is C9H17NO3S2. The predicted octanol–water partition coefficient (Wildman–Crippen LogP) is 0.502. The van der Waals surface area contributed by atoms with Crippen LogP contribution >= 0.6 is 12.2 Å². The Balaban J connectivity index is 2.79. The average Bonchev–Trinajstić information content (AvgIpc) is 2.91. The van der Waals surface area contributed by atoms with Crippen molar-refractivity contribution in [3.8, 4) is 0 Å². The fourth-order valence-corrected chi connectivity index (χ4v) is 3.91. The largest absolute Gasteiger partial charge is 0.393 e. The number of ether oxygens (including phenoxy) is 1. The summed E-state index contributed by atoms with van der Waals surface area (Å²) < 4.78 is 28.6. The smallest absolute Gasteiger partial charge is 0.153 e. The van der Waals surface area contributed by atoms with Gasteiger partial charge >= 0.3 is 0 Å². The molecule has 0 amide bonds. The Kier molecular flexibility index (Phi) is 3.73. The first-order valence-corrected chi connectivity index (χ1v) is 7.12. The highest BCUT2D eigenvalue weighted by atomic mass is 32.2. The molecule has 0 spiro atoms. The Morgan fingerprint density at radius 3 is 2.60 bits per heavy atom. The molecule has 0 heterocycles. The summed E-state index contributed by atoms with van der Waals surface area (Å²) in [7, 11) is -3.06. The van der Waals surface area contributed by atoms with Crippen LogP contribution in [0.25, 0.3) is 0 Å². The van der Waals surface area contributed by atoms with Crippen LogP contribution in [0.2, 0.25) is 0 Å². The van der Waals surface area contributed by atoms with Gasteiger partial charge in [-0.25, -0.2) is 8.42 Å². The van der Waals surface area contributed by atoms with Gasteiger partial charge in [-0.1, -0.05) is 19.1 Å². The van der Waals surface area contributed by atoms with Crippen LogP contribution in [-0.2, 0) is 14.6 Å². The third-order valence-electron chi connectivity index (χ3n) is 2.90. The van der Waals surface area contributed by atoms with Gasteiger partial charge in [0.2, 0.25) is 0 Å². The Morgan fingerprint density at radius 2 is 2.20 bits per heavy atom. The predicted molar refractivity (Wildman–Crippen MR) is 63.6 cm³/mol. The lowest BCUT2D eigenvalue weighted by Crippen LogP contribution is -2.33. The van der Waals surface area contributed by atoms with E-state index in [-0.39, 0.29) is 10.7 Å². The third kappa shape index (κ3) is 2.32. The van der Waals surface area contributed by atoms with Crippen LogP contribution in [0.1, 0.15) is 20.3 Å². The van der Waals surface area contributed by atoms with Crippen molar-refractivity contribution in [1.82, 2.24) is 0 Å². The first-order chi connectivity index (χ1) is 6.90. The van der Waals surface area contributed by atoms with Crippen molar-refractivity contribution in [3.63, 3.8) is 0 Å². The number of hydrogen-bond acceptors (Lipinski definition) is 4. The molecule has 0 aromatic heterocycles. The zero-order valence-electron chi connectivity index (χ0n) is 9.02. The molecule has 0 unspecified atom stereocenters. The quantitative estimate of drug-likeness (QED) is 0.696. The topological polar surface area (TPSA) is 69.4 Å². The normalized spacial score (nSPS) is 30.1. The van der Waals surface area contributed by atoms with Crippen LogP contribution in [0, 0.1) is 5.41 Å². The lowest BCUT2D eigenvalue weighted by Gasteiger charge is -2.15. The van der Waals surface area contributed by atoms with Gasteiger partial charge < -0.3 is 10.5 Å². The van der Waals surface area contributed by atoms with E-state index in [2.05, 4.69) is 0 Å². The van der Waals surface area contributed by atoms with E-state index in [0.29, 0.717) is 19.6 Å². The molecule has 15 heavy (non-hydrogen) atoms. The zero-order chi connectivity index (χ0) is 11.7. The molecule has 0 aromatic rings. The van der Waals surface area contributed by atoms with Gasteiger partial charge in [-0.2, -0.15) is 0 Å². The monoisotopic (exact) mass is 251 g/mol. The Hall–Kier alpha value is -0.200. The fraction of sp³-hybridized carbons (Fsp3) is 0.889. The van der Waals surface area contributed by atoms with E-state index in [1.165, 1.54) is 0 Å². The van der Waals surface area contributed by atoms with Gasteiger partial charge in [-0.05, 0) is 13.3 Å². The molecule has 6 heteroatoms. The first-order valence-electron chi connectivity index (χ1n) is 5.00. The van der Waals surface area contributed by atoms with Crippen molar-refractivity contribution in [1.29, 1.82) is 0 Å². The maximum atomic E-state index is 11.7. The summed E-state index contributed by atoms with van der Waals surface area (Å²) in [5.74, 6) is 0.133. The Labute approximate surface area is 96.1 Å². The molecule has 0 radical (unpaired) electrons. The lowest BCUT2D eigenvalue weighted by molar-refractivity contribution is 0.123. The molecule has 88 valence electrons. The van der Waals surface area contributed by atoms with E-state index in [1.807, 2.05) is 6.92 Å². The second-order valence-electron chi connectivity index (χ2n) is 3.80. The molecule has 2 N–H and O–H groups in total. The Morgan fingerprint density at radius 1 is 1.60 bits per heavy atom. The number of hydrogen-bond donors (Lipinski definition) is 1. The second kappa shape index (κ2) is 4.35. The molecular weight excluding hydrogens is 234 g/mol. The first kappa shape index (κ1) is 12.9. The third-order valence-corrected chi connectivity index (χ3v) is 5.59. The minimum atomic E-state index is -3.06. The van der Waals surface area contributed by atoms with Crippen molar-refractivity contribution in [3.05, 3.63) is 0 Å². The van der Waals surface area contributed by atoms with E-state index in [1.54, 1.807) is 6.92 Å². The van der Waals surface area contributed by atoms with E-state index in [0.717, 1.165) is 0 Å². The van der Waals surface area contributed by atoms with Crippen molar-refractivity contribution in [2.45, 2.75) is 25.5 Å². The molecule has 1 aliphatic rings. The molecule has 0 aliphatic heterocycles. The minimum absolute atomic E-state index is 0.133. The maximum absolute atomic E-state index is 11.7. The molecule has 2 atom stereocenters. The van der Waals surface area contributed by atoms with Gasteiger partial charge in [0.1, 0.15) is 0 Å². The number of thiocarbonyl (C=S) groups is 1. The summed E-state index contributed by atoms with van der Waals surface area (Å²) in [5.41, 5.74) is 5.01. The average molecular weight is 251 g/mol. The molecule has 0 bridgehead atoms. The standard InChI is InChI=1S/C9H17NO3S2/c1-3-13-6-9(8(10)14)5-7(9)15(11,12)4-2/h7H,3-6H2,1-2H3,(H2,10,14)/t7-,9+/m0/s1. The van der Waals surface area contributed by atoms with E-state index in [9.17, 15) is 8.42 Å². The summed E-state index contributed by atoms with van der Waals surface area (Å²) in [6, 6.07) is 0. The van der Waals surface area contributed by atoms with Gasteiger partial charge in [-0.3, -0.25) is 0 Å². The van der Waals surface area contributed by atoms with Gasteiger partial charge in [-0.15, -0.1) is 0 Å². The summed E-state index contributed by atoms with van der Waals surface area (Å²) >= 11 is 4.93. The Bertz CT molecular complexity index is 352. The highest BCUT2D eigenvalue weighted by molar-refractivity contribution is 7.92. The minimum Gasteiger partial charge on any atom is -0.393 e. The molecule has 1 rings (SSSR count). The van der Waals surface area contributed by atoms with E-state index >= 15 is 0 Å². The summed E-state index contributed by atoms with van der Waals surface area (Å²) in [6.45, 7) is 4.36. The highest BCUT2D eigenvalue weighted by Crippen LogP contribution is 2.51. The highest BCUT2D eigenvalue weighted by Gasteiger charge is 2.62. The number of rotatable bonds is 6. The van der Waals surface area contributed by atoms with Crippen LogP contribution in [0.15, 0.2) is 0 Å². The van der Waals surface area contributed by atoms with Gasteiger partial charge in [0.15, 0.2) is 9.84 Å². The van der Waals surface area contributed by atoms with Crippen LogP contribution in [0.3, 0.4) is 0 Å². The fourth-order valence-electron chi connectivity index (χ4n) is 1.71. The summed E-state index contributed by atoms with van der Waals surface area (Å²) in [4.78, 5) is 0.262. The number of sulfone groups is 1. The van der Waals surface area contributed by atoms with Crippen LogP contribution in [0.4, 0.5) is 0 Å². The second-order valence-corrected chi connectivity index (χ2v) is 6.71. The molecule has 1 aliphatic carbocycles. The number of nitrogens with two attached hydrogens (primary N) is 1. The van der Waals surface area contributed by atoms with E-state index < -0.39 is 20.5 Å². The van der Waals surface area contributed by atoms with Crippen molar-refractivity contribution < 1.29 is 13.2 Å². The maximum Gasteiger partial charge on any atom is 0.153 e. The van der Waals surface area contributed by atoms with Crippen LogP contribution < -0.4 is 5.73 Å². The van der Waals surface area contributed by atoms with Crippen LogP contribution in [-0.4, -0.2) is 37.6 Å². The summed E-state index contributed by atoms with van der Waals surface area (Å²) in [6.07, 6.45) is 0.512. The van der Waals surface area contributed by atoms with Gasteiger partial charge in [0.05, 0.1) is 22.3 Å². The summed E-state index contributed by atoms with van der Waals surface area (Å²) in [5, 5.41) is -0.431. The molecule has 0 saturated heterocycles. The van der Waals surface area contributed by atoms with Crippen LogP contribution in [0.5, 0.6) is 0 Å². The van der Waals surface area contributed by atoms with Gasteiger partial charge in [0.25, 0.3) is 0 Å². The zero-order valence-corrected chi connectivity index (χ0v) is 10.7. The SMILES string of the molecule is CCOC[C@]1(C(N)=S)C[C@@H]1S(=O)(=O)CC. The molecule has 4 nitrogen and oxygen atoms in total.